The van der Waals surface area contributed by atoms with E-state index in [0.717, 1.165) is 24.1 Å². The minimum Gasteiger partial charge on any atom is -0.320 e. The van der Waals surface area contributed by atoms with Gasteiger partial charge in [0.2, 0.25) is 0 Å². The van der Waals surface area contributed by atoms with Gasteiger partial charge in [0.05, 0.1) is 11.1 Å². The molecule has 2 aromatic carbocycles. The SMILES string of the molecule is CCc1ccc(C(N)c2cc(F)c(Cl)cc2F)cc1. The van der Waals surface area contributed by atoms with Crippen molar-refractivity contribution < 1.29 is 8.78 Å². The van der Waals surface area contributed by atoms with Crippen LogP contribution in [0.15, 0.2) is 36.4 Å². The predicted molar refractivity (Wildman–Crippen MR) is 73.2 cm³/mol. The summed E-state index contributed by atoms with van der Waals surface area (Å²) in [7, 11) is 0. The second-order valence-electron chi connectivity index (χ2n) is 4.36. The predicted octanol–water partition coefficient (Wildman–Crippen LogP) is 4.23. The Hall–Kier alpha value is -1.45. The molecule has 100 valence electrons. The zero-order valence-corrected chi connectivity index (χ0v) is 11.2. The molecule has 0 aliphatic heterocycles. The summed E-state index contributed by atoms with van der Waals surface area (Å²) in [4.78, 5) is 0. The topological polar surface area (TPSA) is 26.0 Å². The molecular formula is C15H14ClF2N. The van der Waals surface area contributed by atoms with Crippen molar-refractivity contribution in [3.8, 4) is 0 Å². The van der Waals surface area contributed by atoms with Gasteiger partial charge in [-0.2, -0.15) is 0 Å². The van der Waals surface area contributed by atoms with E-state index in [-0.39, 0.29) is 10.6 Å². The molecule has 0 aromatic heterocycles. The van der Waals surface area contributed by atoms with Crippen molar-refractivity contribution in [3.05, 3.63) is 69.7 Å². The highest BCUT2D eigenvalue weighted by Crippen LogP contribution is 2.26. The van der Waals surface area contributed by atoms with Crippen LogP contribution in [0.1, 0.15) is 29.7 Å². The third-order valence-electron chi connectivity index (χ3n) is 3.12. The number of benzene rings is 2. The number of aryl methyl sites for hydroxylation is 1. The molecule has 0 heterocycles. The van der Waals surface area contributed by atoms with Crippen molar-refractivity contribution in [1.29, 1.82) is 0 Å². The lowest BCUT2D eigenvalue weighted by molar-refractivity contribution is 0.577. The van der Waals surface area contributed by atoms with Crippen molar-refractivity contribution in [1.82, 2.24) is 0 Å². The van der Waals surface area contributed by atoms with Gasteiger partial charge in [-0.3, -0.25) is 0 Å². The van der Waals surface area contributed by atoms with Crippen LogP contribution in [0.3, 0.4) is 0 Å². The summed E-state index contributed by atoms with van der Waals surface area (Å²) >= 11 is 5.52. The van der Waals surface area contributed by atoms with Crippen LogP contribution in [0.5, 0.6) is 0 Å². The van der Waals surface area contributed by atoms with Crippen LogP contribution in [0.2, 0.25) is 5.02 Å². The van der Waals surface area contributed by atoms with Crippen molar-refractivity contribution in [2.45, 2.75) is 19.4 Å². The number of hydrogen-bond donors (Lipinski definition) is 1. The molecule has 0 saturated carbocycles. The van der Waals surface area contributed by atoms with E-state index in [9.17, 15) is 8.78 Å². The van der Waals surface area contributed by atoms with Gasteiger partial charge < -0.3 is 5.73 Å². The average molecular weight is 282 g/mol. The van der Waals surface area contributed by atoms with Crippen LogP contribution < -0.4 is 5.73 Å². The van der Waals surface area contributed by atoms with E-state index in [0.29, 0.717) is 0 Å². The van der Waals surface area contributed by atoms with Gasteiger partial charge >= 0.3 is 0 Å². The zero-order chi connectivity index (χ0) is 14.0. The summed E-state index contributed by atoms with van der Waals surface area (Å²) in [6.45, 7) is 2.04. The Bertz CT molecular complexity index is 581. The van der Waals surface area contributed by atoms with Crippen molar-refractivity contribution in [3.63, 3.8) is 0 Å². The molecule has 19 heavy (non-hydrogen) atoms. The zero-order valence-electron chi connectivity index (χ0n) is 10.5. The summed E-state index contributed by atoms with van der Waals surface area (Å²) in [6, 6.07) is 8.81. The Morgan fingerprint density at radius 3 is 2.32 bits per heavy atom. The molecule has 1 atom stereocenters. The first-order valence-electron chi connectivity index (χ1n) is 6.01. The first-order chi connectivity index (χ1) is 9.02. The minimum absolute atomic E-state index is 0.103. The smallest absolute Gasteiger partial charge is 0.142 e. The normalized spacial score (nSPS) is 12.5. The highest BCUT2D eigenvalue weighted by molar-refractivity contribution is 6.30. The lowest BCUT2D eigenvalue weighted by atomic mass is 9.97. The Balaban J connectivity index is 2.37. The van der Waals surface area contributed by atoms with E-state index in [1.807, 2.05) is 31.2 Å². The Labute approximate surface area is 116 Å². The molecule has 1 unspecified atom stereocenters. The van der Waals surface area contributed by atoms with Gasteiger partial charge in [0.25, 0.3) is 0 Å². The fourth-order valence-electron chi connectivity index (χ4n) is 1.92. The van der Waals surface area contributed by atoms with Crippen LogP contribution >= 0.6 is 11.6 Å². The van der Waals surface area contributed by atoms with Crippen molar-refractivity contribution in [2.75, 3.05) is 0 Å². The van der Waals surface area contributed by atoms with Gasteiger partial charge in [-0.25, -0.2) is 8.78 Å². The van der Waals surface area contributed by atoms with E-state index in [1.165, 1.54) is 5.56 Å². The third kappa shape index (κ3) is 2.94. The molecule has 4 heteroatoms. The average Bonchev–Trinajstić information content (AvgIpc) is 2.42. The number of nitrogens with two attached hydrogens (primary N) is 1. The molecular weight excluding hydrogens is 268 g/mol. The molecule has 2 N–H and O–H groups in total. The summed E-state index contributed by atoms with van der Waals surface area (Å²) < 4.78 is 27.2. The molecule has 0 aliphatic carbocycles. The summed E-state index contributed by atoms with van der Waals surface area (Å²) in [5.74, 6) is -1.27. The maximum Gasteiger partial charge on any atom is 0.142 e. The highest BCUT2D eigenvalue weighted by Gasteiger charge is 2.16. The van der Waals surface area contributed by atoms with Gasteiger partial charge in [0.15, 0.2) is 0 Å². The van der Waals surface area contributed by atoms with Crippen LogP contribution in [0.4, 0.5) is 8.78 Å². The van der Waals surface area contributed by atoms with Gasteiger partial charge in [0.1, 0.15) is 11.6 Å². The van der Waals surface area contributed by atoms with Gasteiger partial charge in [-0.15, -0.1) is 0 Å². The van der Waals surface area contributed by atoms with Gasteiger partial charge in [-0.1, -0.05) is 42.8 Å². The number of rotatable bonds is 3. The molecule has 0 radical (unpaired) electrons. The van der Waals surface area contributed by atoms with Crippen LogP contribution in [0, 0.1) is 11.6 Å². The fourth-order valence-corrected chi connectivity index (χ4v) is 2.07. The molecule has 0 aliphatic rings. The molecule has 0 fully saturated rings. The summed E-state index contributed by atoms with van der Waals surface area (Å²) in [5.41, 5.74) is 7.98. The van der Waals surface area contributed by atoms with Crippen molar-refractivity contribution in [2.24, 2.45) is 5.73 Å². The lowest BCUT2D eigenvalue weighted by Gasteiger charge is -2.14. The van der Waals surface area contributed by atoms with Crippen LogP contribution in [-0.2, 0) is 6.42 Å². The number of hydrogen-bond acceptors (Lipinski definition) is 1. The minimum atomic E-state index is -0.710. The van der Waals surface area contributed by atoms with Crippen molar-refractivity contribution >= 4 is 11.6 Å². The maximum atomic E-state index is 13.8. The number of halogens is 3. The fraction of sp³-hybridized carbons (Fsp3) is 0.200. The molecule has 2 aromatic rings. The summed E-state index contributed by atoms with van der Waals surface area (Å²) in [6.07, 6.45) is 0.916. The van der Waals surface area contributed by atoms with Crippen LogP contribution in [0.25, 0.3) is 0 Å². The highest BCUT2D eigenvalue weighted by atomic mass is 35.5. The quantitative estimate of drug-likeness (QED) is 0.837. The van der Waals surface area contributed by atoms with E-state index in [1.54, 1.807) is 0 Å². The third-order valence-corrected chi connectivity index (χ3v) is 3.41. The summed E-state index contributed by atoms with van der Waals surface area (Å²) in [5, 5.41) is -0.241. The molecule has 2 rings (SSSR count). The molecule has 1 nitrogen and oxygen atoms in total. The lowest BCUT2D eigenvalue weighted by Crippen LogP contribution is -2.14. The molecule has 0 saturated heterocycles. The van der Waals surface area contributed by atoms with Gasteiger partial charge in [-0.05, 0) is 29.7 Å². The first-order valence-corrected chi connectivity index (χ1v) is 6.39. The standard InChI is InChI=1S/C15H14ClF2N/c1-2-9-3-5-10(6-4-9)15(19)11-7-14(18)12(16)8-13(11)17/h3-8,15H,2,19H2,1H3. The van der Waals surface area contributed by atoms with Crippen LogP contribution in [-0.4, -0.2) is 0 Å². The van der Waals surface area contributed by atoms with E-state index in [4.69, 9.17) is 17.3 Å². The van der Waals surface area contributed by atoms with E-state index in [2.05, 4.69) is 0 Å². The van der Waals surface area contributed by atoms with E-state index >= 15 is 0 Å². The molecule has 0 bridgehead atoms. The molecule has 0 amide bonds. The first kappa shape index (κ1) is 14.0. The van der Waals surface area contributed by atoms with Gasteiger partial charge in [0, 0.05) is 5.56 Å². The second kappa shape index (κ2) is 5.68. The molecule has 0 spiro atoms. The monoisotopic (exact) mass is 281 g/mol. The second-order valence-corrected chi connectivity index (χ2v) is 4.77. The largest absolute Gasteiger partial charge is 0.320 e. The Morgan fingerprint density at radius 1 is 1.11 bits per heavy atom. The van der Waals surface area contributed by atoms with E-state index < -0.39 is 17.7 Å². The Morgan fingerprint density at radius 2 is 1.74 bits per heavy atom. The Kier molecular flexibility index (Phi) is 4.17. The maximum absolute atomic E-state index is 13.8.